The average molecular weight is 341 g/mol. The van der Waals surface area contributed by atoms with Crippen molar-refractivity contribution < 1.29 is 5.11 Å². The van der Waals surface area contributed by atoms with E-state index < -0.39 is 5.60 Å². The Morgan fingerprint density at radius 3 is 2.52 bits per heavy atom. The van der Waals surface area contributed by atoms with E-state index in [0.717, 1.165) is 64.0 Å². The Morgan fingerprint density at radius 1 is 1.12 bits per heavy atom. The fourth-order valence-corrected chi connectivity index (χ4v) is 4.36. The summed E-state index contributed by atoms with van der Waals surface area (Å²) in [5, 5.41) is 11.5. The zero-order valence-corrected chi connectivity index (χ0v) is 15.8. The third-order valence-corrected chi connectivity index (χ3v) is 5.96. The van der Waals surface area contributed by atoms with E-state index in [-0.39, 0.29) is 5.92 Å². The summed E-state index contributed by atoms with van der Waals surface area (Å²) >= 11 is 0. The monoisotopic (exact) mass is 340 g/mol. The van der Waals surface area contributed by atoms with Gasteiger partial charge in [-0.25, -0.2) is 0 Å². The molecule has 3 heteroatoms. The van der Waals surface area contributed by atoms with E-state index in [2.05, 4.69) is 53.0 Å². The fraction of sp³-hybridized carbons (Fsp3) is 0.636. The van der Waals surface area contributed by atoms with Gasteiger partial charge < -0.3 is 14.9 Å². The summed E-state index contributed by atoms with van der Waals surface area (Å²) in [5.41, 5.74) is 1.74. The molecule has 1 saturated heterocycles. The summed E-state index contributed by atoms with van der Waals surface area (Å²) in [4.78, 5) is 4.92. The normalized spacial score (nSPS) is 22.8. The number of aliphatic hydroxyl groups is 1. The predicted octanol–water partition coefficient (Wildman–Crippen LogP) is 3.08. The van der Waals surface area contributed by atoms with Crippen molar-refractivity contribution in [3.8, 4) is 11.8 Å². The number of likely N-dealkylation sites (N-methyl/N-ethyl adjacent to an activating group) is 1. The molecule has 2 fully saturated rings. The van der Waals surface area contributed by atoms with Crippen molar-refractivity contribution in [1.82, 2.24) is 9.80 Å². The van der Waals surface area contributed by atoms with Gasteiger partial charge in [0.2, 0.25) is 0 Å². The second-order valence-corrected chi connectivity index (χ2v) is 7.82. The zero-order chi connectivity index (χ0) is 17.7. The van der Waals surface area contributed by atoms with Crippen molar-refractivity contribution in [2.75, 3.05) is 39.8 Å². The molecule has 3 nitrogen and oxygen atoms in total. The molecule has 0 spiro atoms. The van der Waals surface area contributed by atoms with Gasteiger partial charge in [-0.05, 0) is 44.5 Å². The van der Waals surface area contributed by atoms with E-state index in [1.54, 1.807) is 0 Å². The van der Waals surface area contributed by atoms with Crippen molar-refractivity contribution >= 4 is 0 Å². The maximum Gasteiger partial charge on any atom is 0.0728 e. The molecule has 1 aromatic rings. The van der Waals surface area contributed by atoms with Crippen molar-refractivity contribution in [3.05, 3.63) is 35.4 Å². The number of rotatable bonds is 4. The average Bonchev–Trinajstić information content (AvgIpc) is 2.62. The van der Waals surface area contributed by atoms with Crippen LogP contribution in [0.15, 0.2) is 24.3 Å². The first-order chi connectivity index (χ1) is 12.1. The maximum atomic E-state index is 11.5. The van der Waals surface area contributed by atoms with E-state index >= 15 is 0 Å². The largest absolute Gasteiger partial charge is 0.389 e. The number of hydrogen-bond donors (Lipinski definition) is 1. The molecule has 0 amide bonds. The molecule has 136 valence electrons. The Kier molecular flexibility index (Phi) is 6.17. The summed E-state index contributed by atoms with van der Waals surface area (Å²) in [6.07, 6.45) is 5.39. The molecule has 1 aliphatic heterocycles. The highest BCUT2D eigenvalue weighted by Gasteiger charge is 2.39. The summed E-state index contributed by atoms with van der Waals surface area (Å²) in [6.45, 7) is 7.25. The Hall–Kier alpha value is -1.34. The van der Waals surface area contributed by atoms with Gasteiger partial charge in [-0.3, -0.25) is 0 Å². The summed E-state index contributed by atoms with van der Waals surface area (Å²) in [7, 11) is 2.19. The summed E-state index contributed by atoms with van der Waals surface area (Å²) in [6, 6.07) is 8.55. The van der Waals surface area contributed by atoms with Crippen LogP contribution in [0.25, 0.3) is 0 Å². The lowest BCUT2D eigenvalue weighted by molar-refractivity contribution is -0.0337. The molecule has 0 bridgehead atoms. The van der Waals surface area contributed by atoms with Gasteiger partial charge in [-0.15, -0.1) is 5.92 Å². The molecule has 0 aromatic heterocycles. The molecule has 1 aliphatic carbocycles. The van der Waals surface area contributed by atoms with Crippen LogP contribution in [0, 0.1) is 11.8 Å². The van der Waals surface area contributed by atoms with Gasteiger partial charge in [0.25, 0.3) is 0 Å². The third-order valence-electron chi connectivity index (χ3n) is 5.96. The van der Waals surface area contributed by atoms with Gasteiger partial charge in [0, 0.05) is 44.2 Å². The van der Waals surface area contributed by atoms with Gasteiger partial charge in [-0.2, -0.15) is 0 Å². The quantitative estimate of drug-likeness (QED) is 0.853. The van der Waals surface area contributed by atoms with E-state index in [1.165, 1.54) is 12.0 Å². The van der Waals surface area contributed by atoms with Crippen molar-refractivity contribution in [3.63, 3.8) is 0 Å². The van der Waals surface area contributed by atoms with Crippen LogP contribution in [-0.2, 0) is 0 Å². The van der Waals surface area contributed by atoms with E-state index in [1.807, 2.05) is 6.92 Å². The lowest BCUT2D eigenvalue weighted by Crippen LogP contribution is -2.50. The lowest BCUT2D eigenvalue weighted by atomic mass is 9.72. The van der Waals surface area contributed by atoms with Crippen LogP contribution < -0.4 is 0 Å². The first kappa shape index (κ1) is 18.5. The minimum atomic E-state index is -0.570. The highest BCUT2D eigenvalue weighted by Crippen LogP contribution is 2.40. The summed E-state index contributed by atoms with van der Waals surface area (Å²) in [5.74, 6) is 6.35. The highest BCUT2D eigenvalue weighted by molar-refractivity contribution is 5.39. The molecule has 1 aromatic carbocycles. The van der Waals surface area contributed by atoms with Gasteiger partial charge in [-0.1, -0.05) is 37.3 Å². The highest BCUT2D eigenvalue weighted by atomic mass is 16.3. The molecule has 1 saturated carbocycles. The Morgan fingerprint density at radius 2 is 1.84 bits per heavy atom. The van der Waals surface area contributed by atoms with Crippen molar-refractivity contribution in [2.24, 2.45) is 0 Å². The maximum absolute atomic E-state index is 11.5. The van der Waals surface area contributed by atoms with Crippen LogP contribution in [0.4, 0.5) is 0 Å². The minimum Gasteiger partial charge on any atom is -0.389 e. The van der Waals surface area contributed by atoms with Crippen LogP contribution in [0.1, 0.15) is 56.1 Å². The topological polar surface area (TPSA) is 26.7 Å². The number of nitrogens with zero attached hydrogens (tertiary/aromatic N) is 2. The Balaban J connectivity index is 1.85. The second kappa shape index (κ2) is 8.36. The van der Waals surface area contributed by atoms with E-state index in [0.29, 0.717) is 0 Å². The Bertz CT molecular complexity index is 616. The van der Waals surface area contributed by atoms with Gasteiger partial charge in [0.15, 0.2) is 0 Å². The first-order valence-corrected chi connectivity index (χ1v) is 9.77. The fourth-order valence-electron chi connectivity index (χ4n) is 4.36. The molecule has 3 rings (SSSR count). The number of benzene rings is 1. The molecular weight excluding hydrogens is 308 g/mol. The van der Waals surface area contributed by atoms with Crippen molar-refractivity contribution in [1.29, 1.82) is 0 Å². The standard InChI is InChI=1S/C22H32N2O/c1-3-8-19-9-7-10-20(17-19)21(22(25)11-5-4-6-12-22)18-24-15-13-23(2)14-16-24/h7,9-10,17,21,25H,4-6,11-16,18H2,1-2H3. The van der Waals surface area contributed by atoms with Crippen molar-refractivity contribution in [2.45, 2.75) is 50.5 Å². The van der Waals surface area contributed by atoms with Crippen LogP contribution in [0.2, 0.25) is 0 Å². The molecule has 1 atom stereocenters. The van der Waals surface area contributed by atoms with Crippen LogP contribution in [0.3, 0.4) is 0 Å². The predicted molar refractivity (Wildman–Crippen MR) is 104 cm³/mol. The van der Waals surface area contributed by atoms with Crippen LogP contribution >= 0.6 is 0 Å². The third kappa shape index (κ3) is 4.64. The number of hydrogen-bond acceptors (Lipinski definition) is 3. The van der Waals surface area contributed by atoms with E-state index in [9.17, 15) is 5.11 Å². The van der Waals surface area contributed by atoms with Crippen LogP contribution in [0.5, 0.6) is 0 Å². The van der Waals surface area contributed by atoms with Gasteiger partial charge >= 0.3 is 0 Å². The SMILES string of the molecule is CC#Cc1cccc(C(CN2CCN(C)CC2)C2(O)CCCCC2)c1. The van der Waals surface area contributed by atoms with Gasteiger partial charge in [0.1, 0.15) is 0 Å². The molecule has 1 unspecified atom stereocenters. The summed E-state index contributed by atoms with van der Waals surface area (Å²) < 4.78 is 0. The smallest absolute Gasteiger partial charge is 0.0728 e. The first-order valence-electron chi connectivity index (χ1n) is 9.77. The van der Waals surface area contributed by atoms with E-state index in [4.69, 9.17) is 0 Å². The minimum absolute atomic E-state index is 0.176. The molecule has 25 heavy (non-hydrogen) atoms. The van der Waals surface area contributed by atoms with Gasteiger partial charge in [0.05, 0.1) is 5.60 Å². The molecule has 1 heterocycles. The molecular formula is C22H32N2O. The zero-order valence-electron chi connectivity index (χ0n) is 15.8. The molecule has 1 N–H and O–H groups in total. The lowest BCUT2D eigenvalue weighted by Gasteiger charge is -2.43. The van der Waals surface area contributed by atoms with Crippen LogP contribution in [-0.4, -0.2) is 60.3 Å². The Labute approximate surface area is 153 Å². The number of piperazine rings is 1. The second-order valence-electron chi connectivity index (χ2n) is 7.82. The molecule has 2 aliphatic rings. The molecule has 0 radical (unpaired) electrons.